The number of hydrogen-bond donors (Lipinski definition) is 1. The smallest absolute Gasteiger partial charge is 0.305 e. The standard InChI is InChI=1S/C14H24N4O2/c1-3-5-11(6-4-2)14-15-16-17-18(14)12(9-13(19)20)10-7-8-10/h10-12H,3-9H2,1-2H3,(H,19,20). The molecule has 0 saturated heterocycles. The fraction of sp³-hybridized carbons (Fsp3) is 0.857. The highest BCUT2D eigenvalue weighted by Crippen LogP contribution is 2.42. The molecular weight excluding hydrogens is 256 g/mol. The zero-order valence-corrected chi connectivity index (χ0v) is 12.3. The number of rotatable bonds is 9. The molecule has 1 aliphatic carbocycles. The number of aromatic nitrogens is 4. The van der Waals surface area contributed by atoms with Crippen molar-refractivity contribution in [3.8, 4) is 0 Å². The van der Waals surface area contributed by atoms with Crippen molar-refractivity contribution in [2.75, 3.05) is 0 Å². The average molecular weight is 280 g/mol. The second-order valence-corrected chi connectivity index (χ2v) is 5.76. The minimum atomic E-state index is -0.772. The maximum Gasteiger partial charge on any atom is 0.305 e. The zero-order valence-electron chi connectivity index (χ0n) is 12.3. The molecule has 6 heteroatoms. The number of tetrazole rings is 1. The third kappa shape index (κ3) is 3.55. The molecule has 0 amide bonds. The van der Waals surface area contributed by atoms with Crippen molar-refractivity contribution in [2.24, 2.45) is 5.92 Å². The second kappa shape index (κ2) is 6.81. The Labute approximate surface area is 119 Å². The van der Waals surface area contributed by atoms with Crippen LogP contribution in [-0.2, 0) is 4.79 Å². The highest BCUT2D eigenvalue weighted by Gasteiger charge is 2.37. The first kappa shape index (κ1) is 14.9. The van der Waals surface area contributed by atoms with E-state index in [2.05, 4.69) is 29.4 Å². The molecule has 0 bridgehead atoms. The van der Waals surface area contributed by atoms with Crippen LogP contribution in [-0.4, -0.2) is 31.3 Å². The maximum atomic E-state index is 11.1. The molecule has 1 aliphatic rings. The van der Waals surface area contributed by atoms with Gasteiger partial charge in [0.15, 0.2) is 5.82 Å². The number of aliphatic carboxylic acids is 1. The molecule has 1 aromatic rings. The fourth-order valence-electron chi connectivity index (χ4n) is 2.92. The number of carbonyl (C=O) groups is 1. The molecule has 1 N–H and O–H groups in total. The molecule has 6 nitrogen and oxygen atoms in total. The first-order valence-electron chi connectivity index (χ1n) is 7.66. The van der Waals surface area contributed by atoms with E-state index in [1.54, 1.807) is 0 Å². The molecule has 20 heavy (non-hydrogen) atoms. The van der Waals surface area contributed by atoms with Crippen LogP contribution in [0, 0.1) is 5.92 Å². The van der Waals surface area contributed by atoms with Crippen molar-refractivity contribution in [1.29, 1.82) is 0 Å². The summed E-state index contributed by atoms with van der Waals surface area (Å²) in [6.07, 6.45) is 6.58. The molecule has 0 spiro atoms. The Hall–Kier alpha value is -1.46. The van der Waals surface area contributed by atoms with Crippen LogP contribution in [0.1, 0.15) is 76.6 Å². The van der Waals surface area contributed by atoms with Gasteiger partial charge >= 0.3 is 5.97 Å². The Morgan fingerprint density at radius 2 is 2.00 bits per heavy atom. The van der Waals surface area contributed by atoms with Crippen molar-refractivity contribution in [3.63, 3.8) is 0 Å². The minimum absolute atomic E-state index is 0.0753. The SMILES string of the molecule is CCCC(CCC)c1nnnn1C(CC(=O)O)C1CC1. The minimum Gasteiger partial charge on any atom is -0.481 e. The molecule has 1 saturated carbocycles. The van der Waals surface area contributed by atoms with Crippen molar-refractivity contribution >= 4 is 5.97 Å². The molecule has 1 fully saturated rings. The van der Waals surface area contributed by atoms with E-state index in [4.69, 9.17) is 5.11 Å². The van der Waals surface area contributed by atoms with Gasteiger partial charge in [0.25, 0.3) is 0 Å². The van der Waals surface area contributed by atoms with E-state index < -0.39 is 5.97 Å². The highest BCUT2D eigenvalue weighted by molar-refractivity contribution is 5.67. The molecule has 0 aliphatic heterocycles. The lowest BCUT2D eigenvalue weighted by atomic mass is 9.96. The highest BCUT2D eigenvalue weighted by atomic mass is 16.4. The van der Waals surface area contributed by atoms with Crippen LogP contribution in [0.15, 0.2) is 0 Å². The Morgan fingerprint density at radius 1 is 1.35 bits per heavy atom. The predicted octanol–water partition coefficient (Wildman–Crippen LogP) is 2.78. The molecular formula is C14H24N4O2. The summed E-state index contributed by atoms with van der Waals surface area (Å²) in [5, 5.41) is 21.2. The monoisotopic (exact) mass is 280 g/mol. The van der Waals surface area contributed by atoms with Crippen LogP contribution in [0.5, 0.6) is 0 Å². The van der Waals surface area contributed by atoms with Crippen molar-refractivity contribution in [2.45, 2.75) is 70.8 Å². The van der Waals surface area contributed by atoms with Gasteiger partial charge in [-0.3, -0.25) is 4.79 Å². The summed E-state index contributed by atoms with van der Waals surface area (Å²) in [5.41, 5.74) is 0. The molecule has 1 aromatic heterocycles. The number of carboxylic acid groups (broad SMARTS) is 1. The fourth-order valence-corrected chi connectivity index (χ4v) is 2.92. The van der Waals surface area contributed by atoms with Gasteiger partial charge in [-0.15, -0.1) is 5.10 Å². The second-order valence-electron chi connectivity index (χ2n) is 5.76. The Kier molecular flexibility index (Phi) is 5.09. The number of carboxylic acids is 1. The summed E-state index contributed by atoms with van der Waals surface area (Å²) in [7, 11) is 0. The van der Waals surface area contributed by atoms with E-state index in [0.29, 0.717) is 11.8 Å². The van der Waals surface area contributed by atoms with Crippen LogP contribution >= 0.6 is 0 Å². The third-order valence-electron chi connectivity index (χ3n) is 4.02. The predicted molar refractivity (Wildman–Crippen MR) is 74.4 cm³/mol. The lowest BCUT2D eigenvalue weighted by molar-refractivity contribution is -0.138. The molecule has 1 atom stereocenters. The van der Waals surface area contributed by atoms with Crippen LogP contribution in [0.3, 0.4) is 0 Å². The van der Waals surface area contributed by atoms with Crippen LogP contribution in [0.25, 0.3) is 0 Å². The largest absolute Gasteiger partial charge is 0.481 e. The number of hydrogen-bond acceptors (Lipinski definition) is 4. The quantitative estimate of drug-likeness (QED) is 0.752. The van der Waals surface area contributed by atoms with E-state index in [1.165, 1.54) is 0 Å². The van der Waals surface area contributed by atoms with Gasteiger partial charge < -0.3 is 5.11 Å². The molecule has 1 heterocycles. The summed E-state index contributed by atoms with van der Waals surface area (Å²) in [6, 6.07) is -0.0753. The normalized spacial score (nSPS) is 16.6. The molecule has 112 valence electrons. The summed E-state index contributed by atoms with van der Waals surface area (Å²) in [5.74, 6) is 0.880. The van der Waals surface area contributed by atoms with Crippen LogP contribution in [0.2, 0.25) is 0 Å². The van der Waals surface area contributed by atoms with E-state index >= 15 is 0 Å². The first-order chi connectivity index (χ1) is 9.67. The van der Waals surface area contributed by atoms with E-state index in [9.17, 15) is 4.79 Å². The van der Waals surface area contributed by atoms with Crippen LogP contribution < -0.4 is 0 Å². The van der Waals surface area contributed by atoms with E-state index in [-0.39, 0.29) is 12.5 Å². The van der Waals surface area contributed by atoms with Crippen molar-refractivity contribution < 1.29 is 9.90 Å². The Bertz CT molecular complexity index is 436. The van der Waals surface area contributed by atoms with Crippen molar-refractivity contribution in [1.82, 2.24) is 20.2 Å². The van der Waals surface area contributed by atoms with Gasteiger partial charge in [-0.25, -0.2) is 4.68 Å². The van der Waals surface area contributed by atoms with Gasteiger partial charge in [0.1, 0.15) is 0 Å². The number of nitrogens with zero attached hydrogens (tertiary/aromatic N) is 4. The zero-order chi connectivity index (χ0) is 14.5. The summed E-state index contributed by atoms with van der Waals surface area (Å²) in [6.45, 7) is 4.32. The first-order valence-corrected chi connectivity index (χ1v) is 7.66. The Morgan fingerprint density at radius 3 is 2.50 bits per heavy atom. The van der Waals surface area contributed by atoms with Gasteiger partial charge in [0.05, 0.1) is 12.5 Å². The van der Waals surface area contributed by atoms with Gasteiger partial charge in [-0.2, -0.15) is 0 Å². The summed E-state index contributed by atoms with van der Waals surface area (Å²) in [4.78, 5) is 11.1. The molecule has 1 unspecified atom stereocenters. The van der Waals surface area contributed by atoms with E-state index in [0.717, 1.165) is 44.3 Å². The maximum absolute atomic E-state index is 11.1. The third-order valence-corrected chi connectivity index (χ3v) is 4.02. The summed E-state index contributed by atoms with van der Waals surface area (Å²) < 4.78 is 1.81. The van der Waals surface area contributed by atoms with Crippen molar-refractivity contribution in [3.05, 3.63) is 5.82 Å². The molecule has 0 radical (unpaired) electrons. The van der Waals surface area contributed by atoms with Gasteiger partial charge in [-0.1, -0.05) is 26.7 Å². The van der Waals surface area contributed by atoms with Gasteiger partial charge in [0.2, 0.25) is 0 Å². The van der Waals surface area contributed by atoms with Gasteiger partial charge in [0, 0.05) is 5.92 Å². The molecule has 0 aromatic carbocycles. The van der Waals surface area contributed by atoms with Gasteiger partial charge in [-0.05, 0) is 42.0 Å². The summed E-state index contributed by atoms with van der Waals surface area (Å²) >= 11 is 0. The van der Waals surface area contributed by atoms with Crippen LogP contribution in [0.4, 0.5) is 0 Å². The molecule has 2 rings (SSSR count). The van der Waals surface area contributed by atoms with E-state index in [1.807, 2.05) is 4.68 Å². The average Bonchev–Trinajstić information content (AvgIpc) is 3.13. The topological polar surface area (TPSA) is 80.9 Å². The lowest BCUT2D eigenvalue weighted by Crippen LogP contribution is -2.21. The Balaban J connectivity index is 2.21. The lowest BCUT2D eigenvalue weighted by Gasteiger charge is -2.20.